The third-order valence-electron chi connectivity index (χ3n) is 10.5. The molecule has 2 aliphatic carbocycles. The number of epoxide rings is 2. The molecule has 3 heteroatoms. The molecule has 2 heterocycles. The van der Waals surface area contributed by atoms with E-state index in [1.54, 1.807) is 0 Å². The van der Waals surface area contributed by atoms with Crippen LogP contribution in [0.2, 0.25) is 0 Å². The Morgan fingerprint density at radius 2 is 1.00 bits per heavy atom. The van der Waals surface area contributed by atoms with Gasteiger partial charge in [0.1, 0.15) is 16.8 Å². The summed E-state index contributed by atoms with van der Waals surface area (Å²) < 4.78 is 12.6. The first-order valence-electron chi connectivity index (χ1n) is 16.2. The highest BCUT2D eigenvalue weighted by Crippen LogP contribution is 2.67. The van der Waals surface area contributed by atoms with E-state index in [0.29, 0.717) is 6.42 Å². The lowest BCUT2D eigenvalue weighted by atomic mass is 9.63. The van der Waals surface area contributed by atoms with Crippen LogP contribution in [0.25, 0.3) is 0 Å². The van der Waals surface area contributed by atoms with Crippen LogP contribution in [0, 0.1) is 10.8 Å². The highest BCUT2D eigenvalue weighted by molar-refractivity contribution is 5.38. The van der Waals surface area contributed by atoms with Gasteiger partial charge >= 0.3 is 0 Å². The second kappa shape index (κ2) is 12.1. The lowest BCUT2D eigenvalue weighted by Gasteiger charge is -2.39. The number of ether oxygens (including phenoxy) is 2. The van der Waals surface area contributed by atoms with Gasteiger partial charge in [0.05, 0.1) is 11.7 Å². The van der Waals surface area contributed by atoms with Gasteiger partial charge in [0.15, 0.2) is 0 Å². The van der Waals surface area contributed by atoms with Gasteiger partial charge < -0.3 is 14.6 Å². The van der Waals surface area contributed by atoms with E-state index in [1.165, 1.54) is 35.1 Å². The second-order valence-corrected chi connectivity index (χ2v) is 15.2. The van der Waals surface area contributed by atoms with Gasteiger partial charge in [-0.3, -0.25) is 0 Å². The predicted molar refractivity (Wildman–Crippen MR) is 182 cm³/mol. The zero-order valence-corrected chi connectivity index (χ0v) is 28.5. The van der Waals surface area contributed by atoms with Crippen LogP contribution in [-0.4, -0.2) is 33.6 Å². The number of rotatable bonds is 10. The van der Waals surface area contributed by atoms with Crippen LogP contribution in [0.3, 0.4) is 0 Å². The Balaban J connectivity index is 1.25. The van der Waals surface area contributed by atoms with Gasteiger partial charge in [-0.1, -0.05) is 123 Å². The van der Waals surface area contributed by atoms with E-state index in [4.69, 9.17) is 9.47 Å². The average molecular weight is 585 g/mol. The zero-order valence-electron chi connectivity index (χ0n) is 28.5. The molecule has 3 nitrogen and oxygen atoms in total. The Kier molecular flexibility index (Phi) is 9.44. The Labute approximate surface area is 262 Å². The summed E-state index contributed by atoms with van der Waals surface area (Å²) in [5, 5.41) is 10.3. The van der Waals surface area contributed by atoms with Crippen molar-refractivity contribution in [1.29, 1.82) is 0 Å². The van der Waals surface area contributed by atoms with Crippen molar-refractivity contribution in [3.63, 3.8) is 0 Å². The van der Waals surface area contributed by atoms with Gasteiger partial charge in [0, 0.05) is 17.3 Å². The summed E-state index contributed by atoms with van der Waals surface area (Å²) >= 11 is 0. The van der Waals surface area contributed by atoms with Crippen LogP contribution in [-0.2, 0) is 9.47 Å². The van der Waals surface area contributed by atoms with Crippen LogP contribution >= 0.6 is 0 Å². The molecule has 0 aromatic heterocycles. The van der Waals surface area contributed by atoms with Gasteiger partial charge in [-0.15, -0.1) is 0 Å². The van der Waals surface area contributed by atoms with E-state index in [0.717, 1.165) is 12.8 Å². The van der Waals surface area contributed by atoms with Crippen molar-refractivity contribution in [2.75, 3.05) is 0 Å². The minimum Gasteiger partial charge on any atom is -0.393 e. The van der Waals surface area contributed by atoms with E-state index in [-0.39, 0.29) is 39.3 Å². The molecule has 2 aliphatic heterocycles. The van der Waals surface area contributed by atoms with Crippen LogP contribution < -0.4 is 0 Å². The summed E-state index contributed by atoms with van der Waals surface area (Å²) in [6.45, 7) is 22.0. The molecule has 0 radical (unpaired) electrons. The minimum absolute atomic E-state index is 0.00957. The summed E-state index contributed by atoms with van der Waals surface area (Å²) in [4.78, 5) is 0. The lowest BCUT2D eigenvalue weighted by molar-refractivity contribution is 0.0515. The van der Waals surface area contributed by atoms with Crippen LogP contribution in [0.5, 0.6) is 0 Å². The van der Waals surface area contributed by atoms with Crippen molar-refractivity contribution in [3.8, 4) is 0 Å². The average Bonchev–Trinajstić information content (AvgIpc) is 3.74. The number of aliphatic hydroxyl groups excluding tert-OH is 1. The first-order valence-corrected chi connectivity index (χ1v) is 16.2. The molecule has 0 spiro atoms. The summed E-state index contributed by atoms with van der Waals surface area (Å²) in [6.07, 6.45) is 34.9. The summed E-state index contributed by atoms with van der Waals surface area (Å²) in [6, 6.07) is 0. The highest BCUT2D eigenvalue weighted by atomic mass is 16.6. The monoisotopic (exact) mass is 584 g/mol. The minimum atomic E-state index is -0.286. The maximum absolute atomic E-state index is 10.3. The third-order valence-corrected chi connectivity index (χ3v) is 10.5. The number of fused-ring (bicyclic) bond motifs is 2. The maximum atomic E-state index is 10.3. The van der Waals surface area contributed by atoms with Crippen molar-refractivity contribution < 1.29 is 14.6 Å². The Morgan fingerprint density at radius 1 is 0.558 bits per heavy atom. The molecule has 0 bridgehead atoms. The number of hydrogen-bond acceptors (Lipinski definition) is 3. The fraction of sp³-hybridized carbons (Fsp3) is 0.550. The smallest absolute Gasteiger partial charge is 0.121 e. The van der Waals surface area contributed by atoms with Crippen molar-refractivity contribution >= 4 is 0 Å². The normalized spacial score (nSPS) is 38.1. The molecule has 4 fully saturated rings. The lowest BCUT2D eigenvalue weighted by Crippen LogP contribution is -2.46. The third kappa shape index (κ3) is 6.80. The van der Waals surface area contributed by atoms with E-state index in [1.807, 2.05) is 0 Å². The summed E-state index contributed by atoms with van der Waals surface area (Å²) in [5.41, 5.74) is 4.24. The van der Waals surface area contributed by atoms with Crippen molar-refractivity contribution in [2.24, 2.45) is 10.8 Å². The molecule has 234 valence electrons. The predicted octanol–water partition coefficient (Wildman–Crippen LogP) is 10.00. The number of aliphatic hydroxyl groups is 1. The topological polar surface area (TPSA) is 45.3 Å². The highest BCUT2D eigenvalue weighted by Gasteiger charge is 2.75. The molecule has 2 saturated heterocycles. The quantitative estimate of drug-likeness (QED) is 0.205. The summed E-state index contributed by atoms with van der Waals surface area (Å²) in [7, 11) is 0. The van der Waals surface area contributed by atoms with Crippen molar-refractivity contribution in [1.82, 2.24) is 0 Å². The molecule has 2 saturated carbocycles. The molecule has 0 amide bonds. The standard InChI is InChI=1S/C40H56O3/c1-30(18-13-20-32(3)22-26-39-35(5,6)24-15-25-37(39,9)42-39)16-11-12-17-31(2)19-14-21-33(4)23-27-40-36(7,8)28-34(41)29-38(40,10)43-40/h11-14,16-23,26-27,34,41H,15,24-25,28-29H2,1-10H3/b12-11+,18-13+,19-14+,26-22+,27-23+,30-16+,31-17+,32-20+,33-21+/t34-,37+,38+,39-,40-/m0/s1. The van der Waals surface area contributed by atoms with Gasteiger partial charge in [-0.25, -0.2) is 0 Å². The van der Waals surface area contributed by atoms with E-state index in [2.05, 4.69) is 154 Å². The van der Waals surface area contributed by atoms with E-state index >= 15 is 0 Å². The maximum Gasteiger partial charge on any atom is 0.121 e. The molecular weight excluding hydrogens is 528 g/mol. The van der Waals surface area contributed by atoms with E-state index in [9.17, 15) is 5.11 Å². The fourth-order valence-corrected chi connectivity index (χ4v) is 7.82. The molecule has 1 N–H and O–H groups in total. The Morgan fingerprint density at radius 3 is 1.49 bits per heavy atom. The molecule has 5 atom stereocenters. The molecular formula is C40H56O3. The van der Waals surface area contributed by atoms with Crippen LogP contribution in [0.15, 0.2) is 107 Å². The van der Waals surface area contributed by atoms with Gasteiger partial charge in [0.2, 0.25) is 0 Å². The molecule has 0 aromatic carbocycles. The molecule has 0 aromatic rings. The molecule has 4 aliphatic rings. The van der Waals surface area contributed by atoms with Gasteiger partial charge in [-0.05, 0) is 79.4 Å². The largest absolute Gasteiger partial charge is 0.393 e. The number of hydrogen-bond donors (Lipinski definition) is 1. The SMILES string of the molecule is CC(/C=C/C=C(C)/C=C/[C@@]12O[C@]1(C)CCCC2(C)C)=C\C=C\C=C(C)\C=C\C=C(C)\C=C\[C@@]12O[C@]1(C)C[C@@H](O)CC2(C)C. The van der Waals surface area contributed by atoms with Crippen LogP contribution in [0.1, 0.15) is 101 Å². The number of allylic oxidation sites excluding steroid dienone is 16. The first-order chi connectivity index (χ1) is 20.0. The first kappa shape index (κ1) is 33.4. The van der Waals surface area contributed by atoms with Crippen molar-refractivity contribution in [3.05, 3.63) is 107 Å². The Hall–Kier alpha value is -2.46. The molecule has 4 rings (SSSR count). The van der Waals surface area contributed by atoms with Crippen LogP contribution in [0.4, 0.5) is 0 Å². The second-order valence-electron chi connectivity index (χ2n) is 15.2. The Bertz CT molecular complexity index is 1340. The zero-order chi connectivity index (χ0) is 31.7. The van der Waals surface area contributed by atoms with Crippen molar-refractivity contribution in [2.45, 2.75) is 130 Å². The van der Waals surface area contributed by atoms with Gasteiger partial charge in [-0.2, -0.15) is 0 Å². The van der Waals surface area contributed by atoms with Gasteiger partial charge in [0.25, 0.3) is 0 Å². The molecule has 43 heavy (non-hydrogen) atoms. The molecule has 0 unspecified atom stereocenters. The summed E-state index contributed by atoms with van der Waals surface area (Å²) in [5.74, 6) is 0. The fourth-order valence-electron chi connectivity index (χ4n) is 7.82. The van der Waals surface area contributed by atoms with E-state index < -0.39 is 0 Å².